The predicted molar refractivity (Wildman–Crippen MR) is 102 cm³/mol. The summed E-state index contributed by atoms with van der Waals surface area (Å²) in [6, 6.07) is 15.8. The van der Waals surface area contributed by atoms with Gasteiger partial charge in [0.1, 0.15) is 30.4 Å². The second kappa shape index (κ2) is 5.23. The first-order chi connectivity index (χ1) is 13.4. The molecule has 0 radical (unpaired) electrons. The van der Waals surface area contributed by atoms with E-state index in [-0.39, 0.29) is 6.10 Å². The van der Waals surface area contributed by atoms with Gasteiger partial charge in [0.25, 0.3) is 0 Å². The van der Waals surface area contributed by atoms with Crippen LogP contribution < -0.4 is 0 Å². The molecule has 1 aliphatic carbocycles. The SMILES string of the molecule is C[N+]1(C)C2CC(OC(=O)C3(O)c4ccccc4-c4ccccc43)CC1C1OC12. The molecule has 0 amide bonds. The average molecular weight is 378 g/mol. The van der Waals surface area contributed by atoms with Crippen molar-refractivity contribution in [3.8, 4) is 11.1 Å². The van der Waals surface area contributed by atoms with Crippen molar-refractivity contribution in [1.82, 2.24) is 0 Å². The largest absolute Gasteiger partial charge is 0.459 e. The number of carbonyl (C=O) groups is 1. The lowest BCUT2D eigenvalue weighted by molar-refractivity contribution is -0.938. The smallest absolute Gasteiger partial charge is 0.348 e. The van der Waals surface area contributed by atoms with Gasteiger partial charge in [0.2, 0.25) is 5.60 Å². The van der Waals surface area contributed by atoms with Crippen LogP contribution in [0.3, 0.4) is 0 Å². The van der Waals surface area contributed by atoms with Crippen molar-refractivity contribution < 1.29 is 23.9 Å². The molecule has 5 nitrogen and oxygen atoms in total. The summed E-state index contributed by atoms with van der Waals surface area (Å²) in [5.74, 6) is -0.559. The lowest BCUT2D eigenvalue weighted by Gasteiger charge is -2.45. The van der Waals surface area contributed by atoms with Gasteiger partial charge in [0.05, 0.1) is 14.1 Å². The number of likely N-dealkylation sites (N-methyl/N-ethyl adjacent to an activating group) is 1. The van der Waals surface area contributed by atoms with Gasteiger partial charge >= 0.3 is 5.97 Å². The second-order valence-electron chi connectivity index (χ2n) is 9.13. The van der Waals surface area contributed by atoms with Gasteiger partial charge in [-0.3, -0.25) is 0 Å². The van der Waals surface area contributed by atoms with Gasteiger partial charge in [0, 0.05) is 24.0 Å². The standard InChI is InChI=1S/C23H24NO4/c1-24(2)18-11-13(12-19(24)21-20(18)28-21)27-22(25)23(26)16-9-5-3-7-14(16)15-8-4-6-10-17(15)23/h3-10,13,18-21,26H,11-12H2,1-2H3/q+1. The van der Waals surface area contributed by atoms with Gasteiger partial charge in [0.15, 0.2) is 0 Å². The molecule has 144 valence electrons. The molecular weight excluding hydrogens is 354 g/mol. The third kappa shape index (κ3) is 1.94. The van der Waals surface area contributed by atoms with Crippen LogP contribution in [-0.4, -0.2) is 60.0 Å². The first-order valence-electron chi connectivity index (χ1n) is 10.0. The van der Waals surface area contributed by atoms with Crippen molar-refractivity contribution in [2.75, 3.05) is 14.1 Å². The Labute approximate surface area is 164 Å². The minimum atomic E-state index is -1.74. The second-order valence-corrected chi connectivity index (χ2v) is 9.13. The molecule has 2 aromatic rings. The molecule has 3 heterocycles. The molecule has 0 aromatic heterocycles. The number of fused-ring (bicyclic) bond motifs is 8. The predicted octanol–water partition coefficient (Wildman–Crippen LogP) is 2.20. The van der Waals surface area contributed by atoms with Gasteiger partial charge in [-0.15, -0.1) is 0 Å². The van der Waals surface area contributed by atoms with Gasteiger partial charge in [-0.2, -0.15) is 0 Å². The van der Waals surface area contributed by atoms with Gasteiger partial charge < -0.3 is 19.1 Å². The van der Waals surface area contributed by atoms with Crippen LogP contribution in [-0.2, 0) is 19.9 Å². The maximum atomic E-state index is 13.3. The number of piperidine rings is 1. The van der Waals surface area contributed by atoms with E-state index in [1.165, 1.54) is 0 Å². The Kier molecular flexibility index (Phi) is 3.12. The quantitative estimate of drug-likeness (QED) is 0.495. The van der Waals surface area contributed by atoms with E-state index in [1.54, 1.807) is 0 Å². The van der Waals surface area contributed by atoms with E-state index in [0.717, 1.165) is 28.5 Å². The van der Waals surface area contributed by atoms with E-state index >= 15 is 0 Å². The molecule has 4 unspecified atom stereocenters. The lowest BCUT2D eigenvalue weighted by atomic mass is 9.91. The van der Waals surface area contributed by atoms with E-state index in [2.05, 4.69) is 14.1 Å². The number of nitrogens with zero attached hydrogens (tertiary/aromatic N) is 1. The van der Waals surface area contributed by atoms with E-state index < -0.39 is 11.6 Å². The minimum absolute atomic E-state index is 0.172. The number of benzene rings is 2. The van der Waals surface area contributed by atoms with Crippen LogP contribution in [0.25, 0.3) is 11.1 Å². The number of hydrogen-bond acceptors (Lipinski definition) is 4. The van der Waals surface area contributed by atoms with E-state index in [4.69, 9.17) is 9.47 Å². The molecule has 6 rings (SSSR count). The zero-order chi connectivity index (χ0) is 19.3. The lowest BCUT2D eigenvalue weighted by Crippen LogP contribution is -2.60. The minimum Gasteiger partial charge on any atom is -0.459 e. The summed E-state index contributed by atoms with van der Waals surface area (Å²) in [6.07, 6.45) is 2.01. The van der Waals surface area contributed by atoms with Crippen LogP contribution in [0.2, 0.25) is 0 Å². The molecular formula is C23H24NO4+. The Morgan fingerprint density at radius 1 is 1.00 bits per heavy atom. The number of aliphatic hydroxyl groups is 1. The van der Waals surface area contributed by atoms with Gasteiger partial charge in [-0.25, -0.2) is 4.79 Å². The highest BCUT2D eigenvalue weighted by Gasteiger charge is 2.71. The third-order valence-electron chi connectivity index (χ3n) is 7.53. The van der Waals surface area contributed by atoms with Crippen molar-refractivity contribution in [3.05, 3.63) is 59.7 Å². The zero-order valence-corrected chi connectivity index (χ0v) is 16.0. The van der Waals surface area contributed by atoms with Crippen molar-refractivity contribution in [2.45, 2.75) is 48.8 Å². The highest BCUT2D eigenvalue weighted by Crippen LogP contribution is 2.53. The van der Waals surface area contributed by atoms with Gasteiger partial charge in [-0.1, -0.05) is 48.5 Å². The summed E-state index contributed by atoms with van der Waals surface area (Å²) >= 11 is 0. The fourth-order valence-corrected chi connectivity index (χ4v) is 5.97. The van der Waals surface area contributed by atoms with Crippen molar-refractivity contribution in [2.24, 2.45) is 0 Å². The fourth-order valence-electron chi connectivity index (χ4n) is 5.97. The summed E-state index contributed by atoms with van der Waals surface area (Å²) in [6.45, 7) is 0. The summed E-state index contributed by atoms with van der Waals surface area (Å²) in [5.41, 5.74) is 1.28. The topological polar surface area (TPSA) is 59.1 Å². The first kappa shape index (κ1) is 16.7. The van der Waals surface area contributed by atoms with Crippen LogP contribution in [0, 0.1) is 0 Å². The third-order valence-corrected chi connectivity index (χ3v) is 7.53. The van der Waals surface area contributed by atoms with Crippen molar-refractivity contribution in [1.29, 1.82) is 0 Å². The number of esters is 1. The summed E-state index contributed by atoms with van der Waals surface area (Å²) < 4.78 is 12.7. The Morgan fingerprint density at radius 2 is 1.50 bits per heavy atom. The average Bonchev–Trinajstić information content (AvgIpc) is 3.40. The maximum Gasteiger partial charge on any atom is 0.348 e. The summed E-state index contributed by atoms with van der Waals surface area (Å²) in [5, 5.41) is 11.6. The number of morpholine rings is 1. The van der Waals surface area contributed by atoms with Crippen molar-refractivity contribution >= 4 is 5.97 Å². The Morgan fingerprint density at radius 3 is 2.04 bits per heavy atom. The molecule has 3 aliphatic heterocycles. The molecule has 28 heavy (non-hydrogen) atoms. The van der Waals surface area contributed by atoms with Gasteiger partial charge in [-0.05, 0) is 11.1 Å². The molecule has 0 spiro atoms. The molecule has 4 atom stereocenters. The summed E-state index contributed by atoms with van der Waals surface area (Å²) in [4.78, 5) is 13.3. The number of hydrogen-bond donors (Lipinski definition) is 1. The molecule has 4 aliphatic rings. The number of rotatable bonds is 2. The number of carbonyl (C=O) groups excluding carboxylic acids is 1. The molecule has 2 bridgehead atoms. The zero-order valence-electron chi connectivity index (χ0n) is 16.0. The molecule has 2 aromatic carbocycles. The molecule has 0 saturated carbocycles. The molecule has 5 heteroatoms. The van der Waals surface area contributed by atoms with E-state index in [0.29, 0.717) is 35.4 Å². The summed E-state index contributed by atoms with van der Waals surface area (Å²) in [7, 11) is 4.50. The molecule has 3 fully saturated rings. The van der Waals surface area contributed by atoms with Crippen LogP contribution in [0.15, 0.2) is 48.5 Å². The molecule has 1 N–H and O–H groups in total. The monoisotopic (exact) mass is 378 g/mol. The van der Waals surface area contributed by atoms with E-state index in [1.807, 2.05) is 48.5 Å². The first-order valence-corrected chi connectivity index (χ1v) is 10.0. The highest BCUT2D eigenvalue weighted by atomic mass is 16.6. The Bertz CT molecular complexity index is 934. The fraction of sp³-hybridized carbons (Fsp3) is 0.435. The Hall–Kier alpha value is -2.21. The highest BCUT2D eigenvalue weighted by molar-refractivity contribution is 5.96. The maximum absolute atomic E-state index is 13.3. The van der Waals surface area contributed by atoms with Crippen LogP contribution in [0.1, 0.15) is 24.0 Å². The van der Waals surface area contributed by atoms with Crippen LogP contribution >= 0.6 is 0 Å². The number of quaternary nitrogens is 1. The van der Waals surface area contributed by atoms with E-state index in [9.17, 15) is 9.90 Å². The Balaban J connectivity index is 1.33. The normalized spacial score (nSPS) is 34.9. The van der Waals surface area contributed by atoms with Crippen LogP contribution in [0.4, 0.5) is 0 Å². The number of epoxide rings is 1. The van der Waals surface area contributed by atoms with Crippen LogP contribution in [0.5, 0.6) is 0 Å². The molecule has 3 saturated heterocycles. The number of ether oxygens (including phenoxy) is 2. The van der Waals surface area contributed by atoms with Crippen molar-refractivity contribution in [3.63, 3.8) is 0 Å².